The molecular weight excluding hydrogens is 270 g/mol. The standard InChI is InChI=1S/C11H21N3O4S/c1-6(2)13-10(18)14-7(15)5-19-11(3,4)8(12)9(16)17/h6,8H,5,12H2,1-4H3,(H,16,17)(H2,13,14,15,18)/t8-/m0/s1. The largest absolute Gasteiger partial charge is 0.480 e. The van der Waals surface area contributed by atoms with Gasteiger partial charge in [-0.05, 0) is 27.7 Å². The molecule has 7 nitrogen and oxygen atoms in total. The third kappa shape index (κ3) is 7.02. The van der Waals surface area contributed by atoms with Gasteiger partial charge >= 0.3 is 12.0 Å². The number of amides is 3. The summed E-state index contributed by atoms with van der Waals surface area (Å²) in [6.07, 6.45) is 0. The Kier molecular flexibility index (Phi) is 6.85. The van der Waals surface area contributed by atoms with Crippen molar-refractivity contribution in [1.29, 1.82) is 0 Å². The summed E-state index contributed by atoms with van der Waals surface area (Å²) in [6, 6.07) is -1.73. The zero-order valence-corrected chi connectivity index (χ0v) is 12.3. The van der Waals surface area contributed by atoms with E-state index < -0.39 is 28.7 Å². The summed E-state index contributed by atoms with van der Waals surface area (Å²) in [5.74, 6) is -1.66. The molecule has 19 heavy (non-hydrogen) atoms. The Balaban J connectivity index is 4.22. The van der Waals surface area contributed by atoms with Gasteiger partial charge in [0.25, 0.3) is 0 Å². The van der Waals surface area contributed by atoms with Crippen molar-refractivity contribution < 1.29 is 19.5 Å². The second-order valence-electron chi connectivity index (χ2n) is 4.88. The topological polar surface area (TPSA) is 122 Å². The van der Waals surface area contributed by atoms with Crippen LogP contribution in [0.2, 0.25) is 0 Å². The lowest BCUT2D eigenvalue weighted by Gasteiger charge is -2.27. The van der Waals surface area contributed by atoms with Crippen molar-refractivity contribution in [2.24, 2.45) is 5.73 Å². The molecule has 0 aliphatic heterocycles. The molecule has 0 aliphatic carbocycles. The van der Waals surface area contributed by atoms with Gasteiger partial charge in [0, 0.05) is 10.8 Å². The molecule has 0 aromatic heterocycles. The SMILES string of the molecule is CC(C)NC(=O)NC(=O)CSC(C)(C)[C@@H](N)C(=O)O. The zero-order chi connectivity index (χ0) is 15.2. The summed E-state index contributed by atoms with van der Waals surface area (Å²) in [7, 11) is 0. The highest BCUT2D eigenvalue weighted by atomic mass is 32.2. The highest BCUT2D eigenvalue weighted by Crippen LogP contribution is 2.27. The van der Waals surface area contributed by atoms with Gasteiger partial charge in [-0.15, -0.1) is 11.8 Å². The quantitative estimate of drug-likeness (QED) is 0.552. The van der Waals surface area contributed by atoms with E-state index in [4.69, 9.17) is 10.8 Å². The van der Waals surface area contributed by atoms with Gasteiger partial charge in [0.2, 0.25) is 5.91 Å². The van der Waals surface area contributed by atoms with E-state index in [9.17, 15) is 14.4 Å². The number of aliphatic carboxylic acids is 1. The minimum absolute atomic E-state index is 0.0422. The molecule has 0 bridgehead atoms. The first kappa shape index (κ1) is 17.7. The molecule has 3 amide bonds. The van der Waals surface area contributed by atoms with Crippen molar-refractivity contribution in [1.82, 2.24) is 10.6 Å². The number of hydrogen-bond acceptors (Lipinski definition) is 5. The average molecular weight is 291 g/mol. The van der Waals surface area contributed by atoms with Crippen LogP contribution in [0.3, 0.4) is 0 Å². The van der Waals surface area contributed by atoms with Crippen molar-refractivity contribution in [3.63, 3.8) is 0 Å². The van der Waals surface area contributed by atoms with Gasteiger partial charge in [-0.1, -0.05) is 0 Å². The Morgan fingerprint density at radius 1 is 1.32 bits per heavy atom. The van der Waals surface area contributed by atoms with Gasteiger partial charge in [-0.3, -0.25) is 14.9 Å². The van der Waals surface area contributed by atoms with Gasteiger partial charge in [-0.2, -0.15) is 0 Å². The molecule has 110 valence electrons. The minimum Gasteiger partial charge on any atom is -0.480 e. The first-order valence-corrected chi connectivity index (χ1v) is 6.77. The number of nitrogens with one attached hydrogen (secondary N) is 2. The minimum atomic E-state index is -1.13. The van der Waals surface area contributed by atoms with Gasteiger partial charge in [0.1, 0.15) is 6.04 Å². The van der Waals surface area contributed by atoms with E-state index in [1.54, 1.807) is 27.7 Å². The van der Waals surface area contributed by atoms with Crippen LogP contribution < -0.4 is 16.4 Å². The summed E-state index contributed by atoms with van der Waals surface area (Å²) < 4.78 is -0.808. The number of nitrogens with two attached hydrogens (primary N) is 1. The third-order valence-corrected chi connectivity index (χ3v) is 3.67. The van der Waals surface area contributed by atoms with Gasteiger partial charge in [0.05, 0.1) is 5.75 Å². The van der Waals surface area contributed by atoms with Crippen LogP contribution in [0.4, 0.5) is 4.79 Å². The highest BCUT2D eigenvalue weighted by Gasteiger charge is 2.33. The van der Waals surface area contributed by atoms with E-state index in [0.29, 0.717) is 0 Å². The molecule has 8 heteroatoms. The fourth-order valence-electron chi connectivity index (χ4n) is 1.10. The number of hydrogen-bond donors (Lipinski definition) is 4. The van der Waals surface area contributed by atoms with Crippen molar-refractivity contribution in [2.45, 2.75) is 44.5 Å². The maximum Gasteiger partial charge on any atom is 0.321 e. The van der Waals surface area contributed by atoms with E-state index in [1.165, 1.54) is 0 Å². The zero-order valence-electron chi connectivity index (χ0n) is 11.5. The number of imide groups is 1. The Labute approximate surface area is 116 Å². The van der Waals surface area contributed by atoms with Crippen molar-refractivity contribution >= 4 is 29.7 Å². The van der Waals surface area contributed by atoms with E-state index >= 15 is 0 Å². The molecular formula is C11H21N3O4S. The van der Waals surface area contributed by atoms with E-state index in [1.807, 2.05) is 0 Å². The number of carboxylic acids is 1. The molecule has 0 saturated carbocycles. The first-order chi connectivity index (χ1) is 8.56. The van der Waals surface area contributed by atoms with Crippen LogP contribution in [0.5, 0.6) is 0 Å². The lowest BCUT2D eigenvalue weighted by atomic mass is 10.1. The molecule has 0 radical (unpaired) electrons. The molecule has 0 heterocycles. The predicted molar refractivity (Wildman–Crippen MR) is 74.0 cm³/mol. The third-order valence-electron chi connectivity index (χ3n) is 2.26. The molecule has 0 aromatic carbocycles. The summed E-state index contributed by atoms with van der Waals surface area (Å²) in [5.41, 5.74) is 5.52. The molecule has 1 atom stereocenters. The second-order valence-corrected chi connectivity index (χ2v) is 6.51. The summed E-state index contributed by atoms with van der Waals surface area (Å²) in [6.45, 7) is 6.82. The maximum atomic E-state index is 11.5. The predicted octanol–water partition coefficient (Wildman–Crippen LogP) is 0.144. The van der Waals surface area contributed by atoms with Crippen molar-refractivity contribution in [3.8, 4) is 0 Å². The molecule has 0 rings (SSSR count). The molecule has 0 fully saturated rings. The normalized spacial score (nSPS) is 12.9. The fourth-order valence-corrected chi connectivity index (χ4v) is 1.96. The van der Waals surface area contributed by atoms with Crippen LogP contribution >= 0.6 is 11.8 Å². The van der Waals surface area contributed by atoms with Crippen LogP contribution in [0, 0.1) is 0 Å². The van der Waals surface area contributed by atoms with Gasteiger partial charge < -0.3 is 16.2 Å². The number of carboxylic acid groups (broad SMARTS) is 1. The maximum absolute atomic E-state index is 11.5. The smallest absolute Gasteiger partial charge is 0.321 e. The Hall–Kier alpha value is -1.28. The lowest BCUT2D eigenvalue weighted by Crippen LogP contribution is -2.48. The van der Waals surface area contributed by atoms with Crippen LogP contribution in [0.1, 0.15) is 27.7 Å². The Morgan fingerprint density at radius 3 is 2.26 bits per heavy atom. The van der Waals surface area contributed by atoms with Crippen molar-refractivity contribution in [3.05, 3.63) is 0 Å². The Morgan fingerprint density at radius 2 is 1.84 bits per heavy atom. The number of thioether (sulfide) groups is 1. The van der Waals surface area contributed by atoms with Crippen LogP contribution in [0.15, 0.2) is 0 Å². The van der Waals surface area contributed by atoms with Crippen LogP contribution in [-0.2, 0) is 9.59 Å². The molecule has 5 N–H and O–H groups in total. The number of urea groups is 1. The fraction of sp³-hybridized carbons (Fsp3) is 0.727. The summed E-state index contributed by atoms with van der Waals surface area (Å²) >= 11 is 1.09. The summed E-state index contributed by atoms with van der Waals surface area (Å²) in [4.78, 5) is 33.5. The molecule has 0 saturated heterocycles. The van der Waals surface area contributed by atoms with E-state index in [2.05, 4.69) is 10.6 Å². The van der Waals surface area contributed by atoms with E-state index in [-0.39, 0.29) is 11.8 Å². The van der Waals surface area contributed by atoms with Crippen LogP contribution in [-0.4, -0.2) is 45.6 Å². The average Bonchev–Trinajstić information content (AvgIpc) is 2.24. The highest BCUT2D eigenvalue weighted by molar-refractivity contribution is 8.01. The molecule has 0 unspecified atom stereocenters. The van der Waals surface area contributed by atoms with E-state index in [0.717, 1.165) is 11.8 Å². The molecule has 0 aliphatic rings. The first-order valence-electron chi connectivity index (χ1n) is 5.79. The van der Waals surface area contributed by atoms with Gasteiger partial charge in [0.15, 0.2) is 0 Å². The lowest BCUT2D eigenvalue weighted by molar-refractivity contribution is -0.139. The number of carbonyl (C=O) groups is 3. The summed E-state index contributed by atoms with van der Waals surface area (Å²) in [5, 5.41) is 13.5. The molecule has 0 spiro atoms. The van der Waals surface area contributed by atoms with Crippen LogP contribution in [0.25, 0.3) is 0 Å². The molecule has 0 aromatic rings. The number of rotatable bonds is 6. The Bertz CT molecular complexity index is 358. The number of carbonyl (C=O) groups excluding carboxylic acids is 2. The van der Waals surface area contributed by atoms with Gasteiger partial charge in [-0.25, -0.2) is 4.79 Å². The monoisotopic (exact) mass is 291 g/mol. The second kappa shape index (κ2) is 7.34. The van der Waals surface area contributed by atoms with Crippen molar-refractivity contribution in [2.75, 3.05) is 5.75 Å².